The number of nitro groups is 1. The van der Waals surface area contributed by atoms with Gasteiger partial charge >= 0.3 is 0 Å². The van der Waals surface area contributed by atoms with Gasteiger partial charge in [-0.05, 0) is 33.4 Å². The number of hydrogen-bond donors (Lipinski definition) is 1. The Morgan fingerprint density at radius 3 is 2.85 bits per heavy atom. The molecule has 110 valence electrons. The summed E-state index contributed by atoms with van der Waals surface area (Å²) in [4.78, 5) is 13.0. The lowest BCUT2D eigenvalue weighted by molar-refractivity contribution is -0.385. The van der Waals surface area contributed by atoms with E-state index in [1.54, 1.807) is 12.1 Å². The third kappa shape index (κ3) is 3.55. The zero-order valence-corrected chi connectivity index (χ0v) is 12.2. The molecule has 2 atom stereocenters. The van der Waals surface area contributed by atoms with Crippen molar-refractivity contribution < 1.29 is 4.92 Å². The minimum Gasteiger partial charge on any atom is -0.313 e. The van der Waals surface area contributed by atoms with E-state index in [0.717, 1.165) is 18.7 Å². The zero-order chi connectivity index (χ0) is 14.5. The molecule has 1 aliphatic heterocycles. The fraction of sp³-hybridized carbons (Fsp3) is 0.600. The van der Waals surface area contributed by atoms with Crippen LogP contribution in [0.5, 0.6) is 0 Å². The van der Waals surface area contributed by atoms with Gasteiger partial charge in [0.2, 0.25) is 0 Å². The standard InChI is InChI=1S/C15H23N3O2/c1-12(14-8-3-4-9-15(14)18(19)20)17(2)11-13-7-5-6-10-16-13/h3-4,8-9,12-13,16H,5-7,10-11H2,1-2H3. The summed E-state index contributed by atoms with van der Waals surface area (Å²) in [5.41, 5.74) is 0.999. The number of rotatable bonds is 5. The van der Waals surface area contributed by atoms with E-state index < -0.39 is 0 Å². The SMILES string of the molecule is CC(c1ccccc1[N+](=O)[O-])N(C)CC1CCCCN1. The topological polar surface area (TPSA) is 58.4 Å². The summed E-state index contributed by atoms with van der Waals surface area (Å²) in [6, 6.07) is 7.56. The van der Waals surface area contributed by atoms with Gasteiger partial charge in [-0.3, -0.25) is 15.0 Å². The highest BCUT2D eigenvalue weighted by atomic mass is 16.6. The maximum Gasteiger partial charge on any atom is 0.274 e. The molecule has 0 spiro atoms. The quantitative estimate of drug-likeness (QED) is 0.664. The lowest BCUT2D eigenvalue weighted by Crippen LogP contribution is -2.43. The zero-order valence-electron chi connectivity index (χ0n) is 12.2. The van der Waals surface area contributed by atoms with Gasteiger partial charge in [-0.1, -0.05) is 24.6 Å². The molecule has 1 N–H and O–H groups in total. The van der Waals surface area contributed by atoms with Crippen molar-refractivity contribution in [3.05, 3.63) is 39.9 Å². The number of nitrogens with zero attached hydrogens (tertiary/aromatic N) is 2. The molecule has 1 saturated heterocycles. The molecule has 0 aliphatic carbocycles. The first kappa shape index (κ1) is 14.9. The number of nitrogens with one attached hydrogen (secondary N) is 1. The molecular formula is C15H23N3O2. The van der Waals surface area contributed by atoms with Crippen LogP contribution >= 0.6 is 0 Å². The van der Waals surface area contributed by atoms with Gasteiger partial charge in [0.1, 0.15) is 0 Å². The number of piperidine rings is 1. The molecule has 5 heteroatoms. The molecule has 0 radical (unpaired) electrons. The van der Waals surface area contributed by atoms with E-state index in [-0.39, 0.29) is 16.7 Å². The Bertz CT molecular complexity index is 458. The van der Waals surface area contributed by atoms with Gasteiger partial charge in [-0.25, -0.2) is 0 Å². The van der Waals surface area contributed by atoms with Crippen LogP contribution in [0.3, 0.4) is 0 Å². The van der Waals surface area contributed by atoms with Crippen LogP contribution in [0.15, 0.2) is 24.3 Å². The molecule has 2 unspecified atom stereocenters. The Kier molecular flexibility index (Phi) is 5.09. The molecule has 1 aromatic rings. The van der Waals surface area contributed by atoms with Crippen molar-refractivity contribution in [3.8, 4) is 0 Å². The van der Waals surface area contributed by atoms with Crippen molar-refractivity contribution >= 4 is 5.69 Å². The summed E-state index contributed by atoms with van der Waals surface area (Å²) in [7, 11) is 2.04. The fourth-order valence-corrected chi connectivity index (χ4v) is 2.83. The minimum atomic E-state index is -0.293. The summed E-state index contributed by atoms with van der Waals surface area (Å²) in [6.45, 7) is 4.04. The van der Waals surface area contributed by atoms with Gasteiger partial charge < -0.3 is 5.32 Å². The summed E-state index contributed by atoms with van der Waals surface area (Å²) in [6.07, 6.45) is 3.71. The highest BCUT2D eigenvalue weighted by Gasteiger charge is 2.23. The first-order valence-electron chi connectivity index (χ1n) is 7.26. The van der Waals surface area contributed by atoms with Crippen molar-refractivity contribution in [1.29, 1.82) is 0 Å². The average molecular weight is 277 g/mol. The van der Waals surface area contributed by atoms with Gasteiger partial charge in [0.25, 0.3) is 5.69 Å². The Morgan fingerprint density at radius 1 is 1.45 bits per heavy atom. The average Bonchev–Trinajstić information content (AvgIpc) is 2.47. The second-order valence-electron chi connectivity index (χ2n) is 5.58. The van der Waals surface area contributed by atoms with Crippen molar-refractivity contribution in [3.63, 3.8) is 0 Å². The van der Waals surface area contributed by atoms with Crippen LogP contribution in [-0.4, -0.2) is 36.0 Å². The molecule has 5 nitrogen and oxygen atoms in total. The van der Waals surface area contributed by atoms with E-state index in [2.05, 4.69) is 10.2 Å². The predicted octanol–water partition coefficient (Wildman–Crippen LogP) is 2.73. The van der Waals surface area contributed by atoms with Crippen molar-refractivity contribution in [2.24, 2.45) is 0 Å². The number of para-hydroxylation sites is 1. The first-order chi connectivity index (χ1) is 9.59. The molecule has 20 heavy (non-hydrogen) atoms. The van der Waals surface area contributed by atoms with E-state index in [1.165, 1.54) is 19.3 Å². The number of nitro benzene ring substituents is 1. The maximum absolute atomic E-state index is 11.1. The van der Waals surface area contributed by atoms with Gasteiger partial charge in [-0.2, -0.15) is 0 Å². The lowest BCUT2D eigenvalue weighted by Gasteiger charge is -2.31. The van der Waals surface area contributed by atoms with E-state index in [1.807, 2.05) is 26.1 Å². The Balaban J connectivity index is 2.06. The summed E-state index contributed by atoms with van der Waals surface area (Å²) in [5, 5.41) is 14.6. The molecule has 1 aromatic carbocycles. The summed E-state index contributed by atoms with van der Waals surface area (Å²) in [5.74, 6) is 0. The van der Waals surface area contributed by atoms with Crippen LogP contribution in [0, 0.1) is 10.1 Å². The van der Waals surface area contributed by atoms with E-state index in [9.17, 15) is 10.1 Å². The van der Waals surface area contributed by atoms with Crippen LogP contribution in [-0.2, 0) is 0 Å². The summed E-state index contributed by atoms with van der Waals surface area (Å²) >= 11 is 0. The van der Waals surface area contributed by atoms with E-state index >= 15 is 0 Å². The van der Waals surface area contributed by atoms with Gasteiger partial charge in [0.05, 0.1) is 4.92 Å². The second kappa shape index (κ2) is 6.81. The third-order valence-corrected chi connectivity index (χ3v) is 4.17. The van der Waals surface area contributed by atoms with Crippen LogP contribution in [0.2, 0.25) is 0 Å². The second-order valence-corrected chi connectivity index (χ2v) is 5.58. The Labute approximate surface area is 120 Å². The Hall–Kier alpha value is -1.46. The molecule has 1 heterocycles. The van der Waals surface area contributed by atoms with Crippen molar-refractivity contribution in [2.75, 3.05) is 20.1 Å². The van der Waals surface area contributed by atoms with Crippen LogP contribution in [0.25, 0.3) is 0 Å². The molecule has 0 saturated carbocycles. The third-order valence-electron chi connectivity index (χ3n) is 4.17. The number of likely N-dealkylation sites (N-methyl/N-ethyl adjacent to an activating group) is 1. The maximum atomic E-state index is 11.1. The fourth-order valence-electron chi connectivity index (χ4n) is 2.83. The van der Waals surface area contributed by atoms with E-state index in [4.69, 9.17) is 0 Å². The predicted molar refractivity (Wildman–Crippen MR) is 79.8 cm³/mol. The molecular weight excluding hydrogens is 254 g/mol. The number of benzene rings is 1. The summed E-state index contributed by atoms with van der Waals surface area (Å²) < 4.78 is 0. The smallest absolute Gasteiger partial charge is 0.274 e. The normalized spacial score (nSPS) is 20.9. The monoisotopic (exact) mass is 277 g/mol. The Morgan fingerprint density at radius 2 is 2.20 bits per heavy atom. The first-order valence-corrected chi connectivity index (χ1v) is 7.26. The molecule has 0 bridgehead atoms. The number of hydrogen-bond acceptors (Lipinski definition) is 4. The van der Waals surface area contributed by atoms with Gasteiger partial charge in [-0.15, -0.1) is 0 Å². The highest BCUT2D eigenvalue weighted by molar-refractivity contribution is 5.41. The van der Waals surface area contributed by atoms with Crippen LogP contribution < -0.4 is 5.32 Å². The molecule has 1 aliphatic rings. The minimum absolute atomic E-state index is 0.0420. The van der Waals surface area contributed by atoms with E-state index in [0.29, 0.717) is 6.04 Å². The molecule has 1 fully saturated rings. The molecule has 0 amide bonds. The van der Waals surface area contributed by atoms with Crippen LogP contribution in [0.4, 0.5) is 5.69 Å². The van der Waals surface area contributed by atoms with Crippen LogP contribution in [0.1, 0.15) is 37.8 Å². The van der Waals surface area contributed by atoms with Crippen molar-refractivity contribution in [2.45, 2.75) is 38.3 Å². The van der Waals surface area contributed by atoms with Gasteiger partial charge in [0.15, 0.2) is 0 Å². The highest BCUT2D eigenvalue weighted by Crippen LogP contribution is 2.28. The molecule has 0 aromatic heterocycles. The largest absolute Gasteiger partial charge is 0.313 e. The molecule has 2 rings (SSSR count). The lowest BCUT2D eigenvalue weighted by atomic mass is 10.0. The van der Waals surface area contributed by atoms with Gasteiger partial charge in [0, 0.05) is 30.3 Å². The van der Waals surface area contributed by atoms with Crippen molar-refractivity contribution in [1.82, 2.24) is 10.2 Å².